The summed E-state index contributed by atoms with van der Waals surface area (Å²) < 4.78 is 0. The van der Waals surface area contributed by atoms with E-state index in [1.54, 1.807) is 6.07 Å². The molecule has 0 spiro atoms. The molecular formula is C24H25BrN2O8. The maximum atomic E-state index is 13.5. The van der Waals surface area contributed by atoms with Gasteiger partial charge in [0.15, 0.2) is 17.1 Å². The standard InChI is InChI=1S/C24H25BrN2O8/c25-6-2-1-3-15(29)27-13-5-4-10-7-11-8-12-9-14(28)18(23(26)34)22(33)24(12,35)21(32)17(11)20(31)16(10)19(13)30/h4-5,11-12,28,30,32,35H,1-3,6-9H2,(H2,26,34)(H,27,29)/t11?,12?,24-/m0/s1. The number of hydrogen-bond donors (Lipinski definition) is 6. The monoisotopic (exact) mass is 548 g/mol. The number of fused-ring (bicyclic) bond motifs is 3. The number of hydrogen-bond acceptors (Lipinski definition) is 8. The van der Waals surface area contributed by atoms with Crippen molar-refractivity contribution in [3.63, 3.8) is 0 Å². The van der Waals surface area contributed by atoms with Crippen LogP contribution in [-0.2, 0) is 20.8 Å². The van der Waals surface area contributed by atoms with Crippen molar-refractivity contribution in [2.45, 2.75) is 44.1 Å². The number of alkyl halides is 1. The van der Waals surface area contributed by atoms with Crippen molar-refractivity contribution in [3.05, 3.63) is 45.9 Å². The molecule has 1 aromatic rings. The predicted octanol–water partition coefficient (Wildman–Crippen LogP) is 2.08. The minimum atomic E-state index is -2.60. The van der Waals surface area contributed by atoms with Crippen LogP contribution in [0, 0.1) is 11.8 Å². The van der Waals surface area contributed by atoms with E-state index in [0.29, 0.717) is 12.0 Å². The molecule has 0 bridgehead atoms. The number of rotatable bonds is 6. The van der Waals surface area contributed by atoms with E-state index < -0.39 is 57.8 Å². The molecule has 0 aromatic heterocycles. The summed E-state index contributed by atoms with van der Waals surface area (Å²) in [4.78, 5) is 50.3. The SMILES string of the molecule is NC(=O)C1=C(O)CC2CC3Cc4ccc(NC(=O)CCCCBr)c(O)c4C(=O)C3=C(O)[C@]2(O)C1=O. The highest BCUT2D eigenvalue weighted by Gasteiger charge is 2.59. The number of Topliss-reactive ketones (excluding diaryl/α,β-unsaturated/α-hetero) is 2. The molecule has 3 atom stereocenters. The number of amides is 2. The van der Waals surface area contributed by atoms with Gasteiger partial charge >= 0.3 is 0 Å². The van der Waals surface area contributed by atoms with Gasteiger partial charge in [0, 0.05) is 29.7 Å². The number of halogens is 1. The average Bonchev–Trinajstić information content (AvgIpc) is 2.78. The Labute approximate surface area is 208 Å². The fraction of sp³-hybridized carbons (Fsp3) is 0.417. The topological polar surface area (TPSA) is 187 Å². The number of carbonyl (C=O) groups is 4. The second-order valence-electron chi connectivity index (χ2n) is 9.10. The second kappa shape index (κ2) is 9.12. The summed E-state index contributed by atoms with van der Waals surface area (Å²) >= 11 is 3.29. The summed E-state index contributed by atoms with van der Waals surface area (Å²) in [6.45, 7) is 0. The Morgan fingerprint density at radius 3 is 2.51 bits per heavy atom. The van der Waals surface area contributed by atoms with Crippen LogP contribution >= 0.6 is 15.9 Å². The number of nitrogens with two attached hydrogens (primary N) is 1. The van der Waals surface area contributed by atoms with Gasteiger partial charge in [-0.1, -0.05) is 22.0 Å². The highest BCUT2D eigenvalue weighted by atomic mass is 79.9. The van der Waals surface area contributed by atoms with Gasteiger partial charge in [0.1, 0.15) is 17.1 Å². The number of phenolic OH excluding ortho intramolecular Hbond substituents is 1. The summed E-state index contributed by atoms with van der Waals surface area (Å²) in [5, 5.41) is 46.6. The van der Waals surface area contributed by atoms with Crippen LogP contribution < -0.4 is 11.1 Å². The Hall–Kier alpha value is -3.18. The number of carbonyl (C=O) groups excluding carboxylic acids is 4. The number of phenols is 1. The lowest BCUT2D eigenvalue weighted by Gasteiger charge is -2.45. The maximum Gasteiger partial charge on any atom is 0.255 e. The number of aliphatic hydroxyl groups is 3. The van der Waals surface area contributed by atoms with Gasteiger partial charge in [-0.3, -0.25) is 19.2 Å². The Morgan fingerprint density at radius 1 is 1.14 bits per heavy atom. The van der Waals surface area contributed by atoms with E-state index in [1.165, 1.54) is 6.07 Å². The molecule has 0 saturated heterocycles. The predicted molar refractivity (Wildman–Crippen MR) is 127 cm³/mol. The molecule has 0 fully saturated rings. The van der Waals surface area contributed by atoms with E-state index in [1.807, 2.05) is 0 Å². The van der Waals surface area contributed by atoms with E-state index in [9.17, 15) is 39.6 Å². The maximum absolute atomic E-state index is 13.5. The van der Waals surface area contributed by atoms with Crippen molar-refractivity contribution in [1.82, 2.24) is 0 Å². The quantitative estimate of drug-likeness (QED) is 0.135. The zero-order chi connectivity index (χ0) is 25.7. The fourth-order valence-corrected chi connectivity index (χ4v) is 5.68. The van der Waals surface area contributed by atoms with Crippen LogP contribution in [0.5, 0.6) is 5.75 Å². The number of ketones is 2. The highest BCUT2D eigenvalue weighted by molar-refractivity contribution is 9.09. The number of allylic oxidation sites excluding steroid dienone is 2. The van der Waals surface area contributed by atoms with Crippen LogP contribution in [0.1, 0.15) is 48.0 Å². The molecule has 1 aromatic carbocycles. The number of unbranched alkanes of at least 4 members (excludes halogenated alkanes) is 1. The summed E-state index contributed by atoms with van der Waals surface area (Å²) in [5.74, 6) is -7.17. The first-order valence-corrected chi connectivity index (χ1v) is 12.3. The third-order valence-corrected chi connectivity index (χ3v) is 7.56. The van der Waals surface area contributed by atoms with Crippen molar-refractivity contribution in [2.75, 3.05) is 10.6 Å². The van der Waals surface area contributed by atoms with E-state index >= 15 is 0 Å². The van der Waals surface area contributed by atoms with Gasteiger partial charge in [-0.25, -0.2) is 0 Å². The number of primary amides is 1. The zero-order valence-corrected chi connectivity index (χ0v) is 20.2. The minimum absolute atomic E-state index is 0.0319. The first-order valence-electron chi connectivity index (χ1n) is 11.2. The van der Waals surface area contributed by atoms with E-state index in [-0.39, 0.29) is 48.4 Å². The zero-order valence-electron chi connectivity index (χ0n) is 18.6. The van der Waals surface area contributed by atoms with Crippen LogP contribution in [-0.4, -0.2) is 54.7 Å². The molecule has 0 saturated carbocycles. The van der Waals surface area contributed by atoms with Crippen molar-refractivity contribution in [1.29, 1.82) is 0 Å². The van der Waals surface area contributed by atoms with Crippen LogP contribution in [0.2, 0.25) is 0 Å². The minimum Gasteiger partial charge on any atom is -0.511 e. The fourth-order valence-electron chi connectivity index (χ4n) is 5.29. The Morgan fingerprint density at radius 2 is 1.86 bits per heavy atom. The first-order chi connectivity index (χ1) is 16.5. The molecule has 0 aliphatic heterocycles. The van der Waals surface area contributed by atoms with E-state index in [2.05, 4.69) is 21.2 Å². The number of aromatic hydroxyl groups is 1. The largest absolute Gasteiger partial charge is 0.511 e. The molecule has 3 aliphatic rings. The molecule has 7 N–H and O–H groups in total. The molecule has 0 heterocycles. The Balaban J connectivity index is 1.73. The van der Waals surface area contributed by atoms with Crippen LogP contribution in [0.4, 0.5) is 5.69 Å². The molecule has 3 aliphatic carbocycles. The molecule has 186 valence electrons. The van der Waals surface area contributed by atoms with Gasteiger partial charge in [-0.2, -0.15) is 0 Å². The third-order valence-electron chi connectivity index (χ3n) is 7.00. The summed E-state index contributed by atoms with van der Waals surface area (Å²) in [6.07, 6.45) is 1.65. The van der Waals surface area contributed by atoms with Crippen LogP contribution in [0.25, 0.3) is 0 Å². The van der Waals surface area contributed by atoms with Gasteiger partial charge in [0.05, 0.1) is 11.3 Å². The lowest BCUT2D eigenvalue weighted by Crippen LogP contribution is -2.57. The summed E-state index contributed by atoms with van der Waals surface area (Å²) in [6, 6.07) is 3.10. The smallest absolute Gasteiger partial charge is 0.255 e. The van der Waals surface area contributed by atoms with Gasteiger partial charge in [-0.05, 0) is 43.2 Å². The van der Waals surface area contributed by atoms with Crippen LogP contribution in [0.15, 0.2) is 34.8 Å². The van der Waals surface area contributed by atoms with Crippen molar-refractivity contribution in [3.8, 4) is 5.75 Å². The number of benzene rings is 1. The highest BCUT2D eigenvalue weighted by Crippen LogP contribution is 2.51. The van der Waals surface area contributed by atoms with Crippen molar-refractivity contribution >= 4 is 45.0 Å². The molecule has 11 heteroatoms. The molecule has 2 unspecified atom stereocenters. The van der Waals surface area contributed by atoms with Gasteiger partial charge in [-0.15, -0.1) is 0 Å². The van der Waals surface area contributed by atoms with E-state index in [4.69, 9.17) is 5.73 Å². The summed E-state index contributed by atoms with van der Waals surface area (Å²) in [7, 11) is 0. The molecule has 2 amide bonds. The molecule has 10 nitrogen and oxygen atoms in total. The van der Waals surface area contributed by atoms with Crippen molar-refractivity contribution < 1.29 is 39.6 Å². The first kappa shape index (κ1) is 24.9. The number of aliphatic hydroxyl groups excluding tert-OH is 2. The normalized spacial score (nSPS) is 25.7. The molecule has 4 rings (SSSR count). The molecule has 0 radical (unpaired) electrons. The van der Waals surface area contributed by atoms with Gasteiger partial charge in [0.25, 0.3) is 5.91 Å². The summed E-state index contributed by atoms with van der Waals surface area (Å²) in [5.41, 5.74) is 1.90. The second-order valence-corrected chi connectivity index (χ2v) is 9.89. The van der Waals surface area contributed by atoms with Gasteiger partial charge < -0.3 is 31.5 Å². The van der Waals surface area contributed by atoms with E-state index in [0.717, 1.165) is 11.8 Å². The lowest BCUT2D eigenvalue weighted by atomic mass is 9.60. The average molecular weight is 549 g/mol. The van der Waals surface area contributed by atoms with Crippen molar-refractivity contribution in [2.24, 2.45) is 17.6 Å². The molecule has 35 heavy (non-hydrogen) atoms. The third kappa shape index (κ3) is 3.92. The number of anilines is 1. The van der Waals surface area contributed by atoms with Crippen LogP contribution in [0.3, 0.4) is 0 Å². The number of nitrogens with one attached hydrogen (secondary N) is 1. The molecular weight excluding hydrogens is 524 g/mol. The Bertz CT molecular complexity index is 1220. The Kier molecular flexibility index (Phi) is 6.50. The lowest BCUT2D eigenvalue weighted by molar-refractivity contribution is -0.144. The van der Waals surface area contributed by atoms with Gasteiger partial charge in [0.2, 0.25) is 11.7 Å².